The van der Waals surface area contributed by atoms with Crippen molar-refractivity contribution in [2.75, 3.05) is 6.54 Å². The Labute approximate surface area is 125 Å². The van der Waals surface area contributed by atoms with Crippen molar-refractivity contribution in [3.8, 4) is 0 Å². The largest absolute Gasteiger partial charge is 0.330 e. The number of rotatable bonds is 4. The summed E-state index contributed by atoms with van der Waals surface area (Å²) in [5, 5.41) is 0. The predicted octanol–water partition coefficient (Wildman–Crippen LogP) is 3.20. The number of imidazole rings is 1. The Kier molecular flexibility index (Phi) is 3.76. The summed E-state index contributed by atoms with van der Waals surface area (Å²) in [6, 6.07) is 12.9. The highest BCUT2D eigenvalue weighted by molar-refractivity contribution is 5.77. The summed E-state index contributed by atoms with van der Waals surface area (Å²) >= 11 is 0. The molecule has 0 fully saturated rings. The molecule has 2 aromatic carbocycles. The van der Waals surface area contributed by atoms with Crippen LogP contribution in [0, 0.1) is 13.8 Å². The van der Waals surface area contributed by atoms with Crippen LogP contribution in [0.1, 0.15) is 22.3 Å². The number of hydrogen-bond acceptors (Lipinski definition) is 2. The minimum Gasteiger partial charge on any atom is -0.330 e. The number of fused-ring (bicyclic) bond motifs is 1. The van der Waals surface area contributed by atoms with Crippen LogP contribution >= 0.6 is 0 Å². The van der Waals surface area contributed by atoms with Gasteiger partial charge >= 0.3 is 0 Å². The summed E-state index contributed by atoms with van der Waals surface area (Å²) in [6.07, 6.45) is 2.85. The lowest BCUT2D eigenvalue weighted by Gasteiger charge is -2.10. The molecular weight excluding hydrogens is 258 g/mol. The Bertz CT molecular complexity index is 771. The maximum absolute atomic E-state index is 5.71. The topological polar surface area (TPSA) is 43.8 Å². The van der Waals surface area contributed by atoms with Crippen molar-refractivity contribution in [1.29, 1.82) is 0 Å². The van der Waals surface area contributed by atoms with Crippen LogP contribution in [0.2, 0.25) is 0 Å². The molecule has 0 unspecified atom stereocenters. The molecular formula is C18H21N3. The molecule has 3 aromatic rings. The molecule has 0 bridgehead atoms. The van der Waals surface area contributed by atoms with Gasteiger partial charge in [-0.1, -0.05) is 24.3 Å². The van der Waals surface area contributed by atoms with Gasteiger partial charge in [-0.3, -0.25) is 0 Å². The van der Waals surface area contributed by atoms with Gasteiger partial charge in [0.1, 0.15) is 0 Å². The number of benzene rings is 2. The third kappa shape index (κ3) is 2.69. The number of nitrogens with zero attached hydrogens (tertiary/aromatic N) is 2. The quantitative estimate of drug-likeness (QED) is 0.797. The maximum atomic E-state index is 5.71. The average Bonchev–Trinajstić information content (AvgIpc) is 2.84. The molecule has 108 valence electrons. The van der Waals surface area contributed by atoms with Crippen molar-refractivity contribution < 1.29 is 0 Å². The average molecular weight is 279 g/mol. The SMILES string of the molecule is Cc1cc2ncn(Cc3ccccc3CCN)c2cc1C. The summed E-state index contributed by atoms with van der Waals surface area (Å²) in [7, 11) is 0. The molecule has 3 heteroatoms. The van der Waals surface area contributed by atoms with Crippen molar-refractivity contribution >= 4 is 11.0 Å². The smallest absolute Gasteiger partial charge is 0.0961 e. The van der Waals surface area contributed by atoms with Crippen LogP contribution in [0.3, 0.4) is 0 Å². The molecule has 0 atom stereocenters. The lowest BCUT2D eigenvalue weighted by Crippen LogP contribution is -2.07. The summed E-state index contributed by atoms with van der Waals surface area (Å²) in [5.74, 6) is 0. The Morgan fingerprint density at radius 1 is 1.05 bits per heavy atom. The van der Waals surface area contributed by atoms with Crippen molar-refractivity contribution in [1.82, 2.24) is 9.55 Å². The molecule has 3 rings (SSSR count). The van der Waals surface area contributed by atoms with Crippen LogP contribution in [0.25, 0.3) is 11.0 Å². The molecule has 0 radical (unpaired) electrons. The second-order valence-corrected chi connectivity index (χ2v) is 5.61. The highest BCUT2D eigenvalue weighted by Crippen LogP contribution is 2.20. The van der Waals surface area contributed by atoms with Gasteiger partial charge in [0.05, 0.1) is 17.4 Å². The molecule has 0 aliphatic rings. The fraction of sp³-hybridized carbons (Fsp3) is 0.278. The van der Waals surface area contributed by atoms with Crippen molar-refractivity contribution in [2.45, 2.75) is 26.8 Å². The zero-order valence-electron chi connectivity index (χ0n) is 12.6. The normalized spacial score (nSPS) is 11.2. The fourth-order valence-electron chi connectivity index (χ4n) is 2.73. The highest BCUT2D eigenvalue weighted by atomic mass is 15.0. The minimum absolute atomic E-state index is 0.681. The molecule has 1 heterocycles. The first-order valence-corrected chi connectivity index (χ1v) is 7.38. The fourth-order valence-corrected chi connectivity index (χ4v) is 2.73. The zero-order valence-corrected chi connectivity index (χ0v) is 12.6. The first-order chi connectivity index (χ1) is 10.2. The van der Waals surface area contributed by atoms with Crippen LogP contribution in [-0.4, -0.2) is 16.1 Å². The molecule has 0 aliphatic heterocycles. The van der Waals surface area contributed by atoms with E-state index < -0.39 is 0 Å². The van der Waals surface area contributed by atoms with E-state index in [1.165, 1.54) is 27.8 Å². The summed E-state index contributed by atoms with van der Waals surface area (Å²) in [5.41, 5.74) is 13.2. The van der Waals surface area contributed by atoms with Gasteiger partial charge in [-0.15, -0.1) is 0 Å². The Morgan fingerprint density at radius 3 is 2.52 bits per heavy atom. The highest BCUT2D eigenvalue weighted by Gasteiger charge is 2.07. The van der Waals surface area contributed by atoms with Crippen molar-refractivity contribution in [3.05, 3.63) is 65.0 Å². The van der Waals surface area contributed by atoms with Crippen LogP contribution in [0.5, 0.6) is 0 Å². The monoisotopic (exact) mass is 279 g/mol. The molecule has 0 spiro atoms. The van der Waals surface area contributed by atoms with E-state index in [0.29, 0.717) is 6.54 Å². The third-order valence-corrected chi connectivity index (χ3v) is 4.11. The Morgan fingerprint density at radius 2 is 1.76 bits per heavy atom. The van der Waals surface area contributed by atoms with E-state index in [1.807, 2.05) is 6.33 Å². The number of hydrogen-bond donors (Lipinski definition) is 1. The van der Waals surface area contributed by atoms with E-state index in [2.05, 4.69) is 59.8 Å². The van der Waals surface area contributed by atoms with E-state index >= 15 is 0 Å². The van der Waals surface area contributed by atoms with E-state index in [0.717, 1.165) is 18.5 Å². The van der Waals surface area contributed by atoms with Gasteiger partial charge in [0, 0.05) is 6.54 Å². The molecule has 0 saturated carbocycles. The maximum Gasteiger partial charge on any atom is 0.0961 e. The van der Waals surface area contributed by atoms with E-state index in [4.69, 9.17) is 5.73 Å². The first kappa shape index (κ1) is 13.8. The molecule has 21 heavy (non-hydrogen) atoms. The van der Waals surface area contributed by atoms with Crippen LogP contribution in [0.4, 0.5) is 0 Å². The first-order valence-electron chi connectivity index (χ1n) is 7.38. The molecule has 2 N–H and O–H groups in total. The van der Waals surface area contributed by atoms with E-state index in [1.54, 1.807) is 0 Å². The van der Waals surface area contributed by atoms with Gasteiger partial charge in [0.2, 0.25) is 0 Å². The molecule has 0 saturated heterocycles. The zero-order chi connectivity index (χ0) is 14.8. The summed E-state index contributed by atoms with van der Waals surface area (Å²) in [4.78, 5) is 4.53. The second kappa shape index (κ2) is 5.70. The Balaban J connectivity index is 2.01. The van der Waals surface area contributed by atoms with Gasteiger partial charge in [0.15, 0.2) is 0 Å². The van der Waals surface area contributed by atoms with E-state index in [-0.39, 0.29) is 0 Å². The van der Waals surface area contributed by atoms with Crippen molar-refractivity contribution in [2.24, 2.45) is 5.73 Å². The van der Waals surface area contributed by atoms with Gasteiger partial charge in [-0.2, -0.15) is 0 Å². The lowest BCUT2D eigenvalue weighted by atomic mass is 10.0. The minimum atomic E-state index is 0.681. The van der Waals surface area contributed by atoms with Crippen LogP contribution in [0.15, 0.2) is 42.7 Å². The Hall–Kier alpha value is -2.13. The molecule has 0 aliphatic carbocycles. The lowest BCUT2D eigenvalue weighted by molar-refractivity contribution is 0.805. The molecule has 3 nitrogen and oxygen atoms in total. The number of nitrogens with two attached hydrogens (primary N) is 1. The molecule has 1 aromatic heterocycles. The second-order valence-electron chi connectivity index (χ2n) is 5.61. The summed E-state index contributed by atoms with van der Waals surface area (Å²) in [6.45, 7) is 5.80. The molecule has 0 amide bonds. The van der Waals surface area contributed by atoms with Crippen molar-refractivity contribution in [3.63, 3.8) is 0 Å². The van der Waals surface area contributed by atoms with Gasteiger partial charge in [0.25, 0.3) is 0 Å². The third-order valence-electron chi connectivity index (χ3n) is 4.11. The standard InChI is InChI=1S/C18H21N3/c1-13-9-17-18(10-14(13)2)21(12-20-17)11-16-6-4-3-5-15(16)7-8-19/h3-6,9-10,12H,7-8,11,19H2,1-2H3. The number of aryl methyl sites for hydroxylation is 2. The van der Waals surface area contributed by atoms with E-state index in [9.17, 15) is 0 Å². The van der Waals surface area contributed by atoms with Crippen LogP contribution < -0.4 is 5.73 Å². The van der Waals surface area contributed by atoms with Gasteiger partial charge in [-0.05, 0) is 61.2 Å². The van der Waals surface area contributed by atoms with Crippen LogP contribution in [-0.2, 0) is 13.0 Å². The predicted molar refractivity (Wildman–Crippen MR) is 87.5 cm³/mol. The number of aromatic nitrogens is 2. The summed E-state index contributed by atoms with van der Waals surface area (Å²) < 4.78 is 2.22. The van der Waals surface area contributed by atoms with Gasteiger partial charge in [-0.25, -0.2) is 4.98 Å². The van der Waals surface area contributed by atoms with Gasteiger partial charge < -0.3 is 10.3 Å².